The molecule has 2 amide bonds. The molecule has 0 spiro atoms. The second-order valence-corrected chi connectivity index (χ2v) is 4.95. The monoisotopic (exact) mass is 326 g/mol. The van der Waals surface area contributed by atoms with Gasteiger partial charge in [-0.1, -0.05) is 12.1 Å². The lowest BCUT2D eigenvalue weighted by Crippen LogP contribution is -2.21. The summed E-state index contributed by atoms with van der Waals surface area (Å²) in [6.07, 6.45) is 3.06. The molecule has 0 radical (unpaired) electrons. The minimum Gasteiger partial charge on any atom is -0.495 e. The first kappa shape index (κ1) is 17.1. The summed E-state index contributed by atoms with van der Waals surface area (Å²) >= 11 is 0. The normalized spacial score (nSPS) is 10.8. The van der Waals surface area contributed by atoms with Crippen LogP contribution in [0.15, 0.2) is 53.9 Å². The average molecular weight is 326 g/mol. The number of hydrogen-bond acceptors (Lipinski definition) is 5. The molecule has 2 aromatic rings. The number of nitrogens with zero attached hydrogens (tertiary/aromatic N) is 2. The lowest BCUT2D eigenvalue weighted by Gasteiger charge is -2.09. The molecule has 1 aromatic heterocycles. The summed E-state index contributed by atoms with van der Waals surface area (Å²) in [5.41, 5.74) is 3.84. The van der Waals surface area contributed by atoms with Gasteiger partial charge in [0.15, 0.2) is 0 Å². The molecule has 2 rings (SSSR count). The Hall–Kier alpha value is -3.22. The minimum atomic E-state index is -0.382. The van der Waals surface area contributed by atoms with Crippen LogP contribution in [0, 0.1) is 0 Å². The van der Waals surface area contributed by atoms with Gasteiger partial charge in [-0.05, 0) is 31.2 Å². The van der Waals surface area contributed by atoms with Gasteiger partial charge in [-0.3, -0.25) is 14.6 Å². The van der Waals surface area contributed by atoms with E-state index in [4.69, 9.17) is 4.74 Å². The number of carbonyl (C=O) groups excluding carboxylic acids is 2. The van der Waals surface area contributed by atoms with Crippen molar-refractivity contribution in [3.05, 3.63) is 54.4 Å². The first-order valence-corrected chi connectivity index (χ1v) is 7.26. The van der Waals surface area contributed by atoms with Crippen molar-refractivity contribution in [2.75, 3.05) is 12.4 Å². The maximum Gasteiger partial charge on any atom is 0.272 e. The average Bonchev–Trinajstić information content (AvgIpc) is 2.60. The van der Waals surface area contributed by atoms with Gasteiger partial charge >= 0.3 is 0 Å². The van der Waals surface area contributed by atoms with E-state index in [9.17, 15) is 9.59 Å². The molecule has 0 aliphatic heterocycles. The van der Waals surface area contributed by atoms with Crippen LogP contribution in [0.3, 0.4) is 0 Å². The Labute approximate surface area is 139 Å². The Morgan fingerprint density at radius 2 is 2.00 bits per heavy atom. The standard InChI is InChI=1S/C17H18N4O3/c1-12(20-21-17(23)13-6-5-9-18-11-13)10-16(22)19-14-7-3-4-8-15(14)24-2/h3-9,11H,10H2,1-2H3,(H,19,22)(H,21,23)/b20-12+. The summed E-state index contributed by atoms with van der Waals surface area (Å²) in [5.74, 6) is -0.0608. The fourth-order valence-corrected chi connectivity index (χ4v) is 1.92. The molecule has 0 fully saturated rings. The number of anilines is 1. The number of para-hydroxylation sites is 2. The van der Waals surface area contributed by atoms with Gasteiger partial charge < -0.3 is 10.1 Å². The van der Waals surface area contributed by atoms with Gasteiger partial charge in [-0.2, -0.15) is 5.10 Å². The number of hydrazone groups is 1. The summed E-state index contributed by atoms with van der Waals surface area (Å²) in [4.78, 5) is 27.7. The number of rotatable bonds is 6. The van der Waals surface area contributed by atoms with Crippen molar-refractivity contribution >= 4 is 23.2 Å². The smallest absolute Gasteiger partial charge is 0.272 e. The van der Waals surface area contributed by atoms with Gasteiger partial charge in [0.25, 0.3) is 5.91 Å². The highest BCUT2D eigenvalue weighted by Crippen LogP contribution is 2.22. The highest BCUT2D eigenvalue weighted by atomic mass is 16.5. The third-order valence-electron chi connectivity index (χ3n) is 3.07. The lowest BCUT2D eigenvalue weighted by molar-refractivity contribution is -0.115. The molecule has 1 heterocycles. The largest absolute Gasteiger partial charge is 0.495 e. The second kappa shape index (κ2) is 8.42. The zero-order valence-corrected chi connectivity index (χ0v) is 13.4. The molecule has 24 heavy (non-hydrogen) atoms. The van der Waals surface area contributed by atoms with Gasteiger partial charge in [-0.25, -0.2) is 5.43 Å². The van der Waals surface area contributed by atoms with Crippen LogP contribution in [0.2, 0.25) is 0 Å². The predicted octanol–water partition coefficient (Wildman–Crippen LogP) is 2.22. The third kappa shape index (κ3) is 4.91. The number of amides is 2. The Kier molecular flexibility index (Phi) is 6.01. The van der Waals surface area contributed by atoms with Crippen LogP contribution in [0.1, 0.15) is 23.7 Å². The maximum absolute atomic E-state index is 12.0. The number of hydrogen-bond donors (Lipinski definition) is 2. The highest BCUT2D eigenvalue weighted by molar-refractivity contribution is 6.06. The fourth-order valence-electron chi connectivity index (χ4n) is 1.92. The topological polar surface area (TPSA) is 92.7 Å². The van der Waals surface area contributed by atoms with Gasteiger partial charge in [0.2, 0.25) is 5.91 Å². The Balaban J connectivity index is 1.90. The van der Waals surface area contributed by atoms with Crippen LogP contribution in [0.5, 0.6) is 5.75 Å². The number of ether oxygens (including phenoxy) is 1. The first-order chi connectivity index (χ1) is 11.6. The van der Waals surface area contributed by atoms with Gasteiger partial charge in [0.05, 0.1) is 24.8 Å². The van der Waals surface area contributed by atoms with Crippen molar-refractivity contribution in [2.45, 2.75) is 13.3 Å². The zero-order valence-electron chi connectivity index (χ0n) is 13.4. The molecule has 124 valence electrons. The van der Waals surface area contributed by atoms with E-state index in [1.807, 2.05) is 6.07 Å². The molecule has 0 atom stereocenters. The Morgan fingerprint density at radius 3 is 2.71 bits per heavy atom. The van der Waals surface area contributed by atoms with E-state index >= 15 is 0 Å². The molecule has 7 heteroatoms. The number of nitrogens with one attached hydrogen (secondary N) is 2. The summed E-state index contributed by atoms with van der Waals surface area (Å²) in [6.45, 7) is 1.66. The Bertz CT molecular complexity index is 745. The number of methoxy groups -OCH3 is 1. The highest BCUT2D eigenvalue weighted by Gasteiger charge is 2.09. The van der Waals surface area contributed by atoms with Crippen molar-refractivity contribution < 1.29 is 14.3 Å². The summed E-state index contributed by atoms with van der Waals surface area (Å²) in [5, 5.41) is 6.67. The van der Waals surface area contributed by atoms with E-state index in [1.54, 1.807) is 43.5 Å². The van der Waals surface area contributed by atoms with E-state index in [0.29, 0.717) is 22.7 Å². The Morgan fingerprint density at radius 1 is 1.21 bits per heavy atom. The molecule has 0 saturated carbocycles. The molecular formula is C17H18N4O3. The van der Waals surface area contributed by atoms with Gasteiger partial charge in [-0.15, -0.1) is 0 Å². The van der Waals surface area contributed by atoms with Crippen LogP contribution >= 0.6 is 0 Å². The minimum absolute atomic E-state index is 0.0470. The number of benzene rings is 1. The molecular weight excluding hydrogens is 308 g/mol. The maximum atomic E-state index is 12.0. The van der Waals surface area contributed by atoms with Gasteiger partial charge in [0, 0.05) is 18.1 Å². The molecule has 1 aromatic carbocycles. The molecule has 7 nitrogen and oxygen atoms in total. The van der Waals surface area contributed by atoms with E-state index in [2.05, 4.69) is 20.8 Å². The zero-order chi connectivity index (χ0) is 17.4. The fraction of sp³-hybridized carbons (Fsp3) is 0.176. The van der Waals surface area contributed by atoms with Gasteiger partial charge in [0.1, 0.15) is 5.75 Å². The predicted molar refractivity (Wildman–Crippen MR) is 91.1 cm³/mol. The second-order valence-electron chi connectivity index (χ2n) is 4.95. The summed E-state index contributed by atoms with van der Waals surface area (Å²) in [6, 6.07) is 10.4. The SMILES string of the molecule is COc1ccccc1NC(=O)C/C(C)=N/NC(=O)c1cccnc1. The van der Waals surface area contributed by atoms with Crippen molar-refractivity contribution in [3.8, 4) is 5.75 Å². The van der Waals surface area contributed by atoms with E-state index in [0.717, 1.165) is 0 Å². The van der Waals surface area contributed by atoms with Crippen molar-refractivity contribution in [1.82, 2.24) is 10.4 Å². The van der Waals surface area contributed by atoms with Crippen LogP contribution in [-0.4, -0.2) is 29.6 Å². The van der Waals surface area contributed by atoms with Crippen LogP contribution in [0.25, 0.3) is 0 Å². The van der Waals surface area contributed by atoms with E-state index in [-0.39, 0.29) is 18.2 Å². The van der Waals surface area contributed by atoms with Crippen molar-refractivity contribution in [3.63, 3.8) is 0 Å². The molecule has 0 aliphatic carbocycles. The molecule has 2 N–H and O–H groups in total. The van der Waals surface area contributed by atoms with Crippen LogP contribution < -0.4 is 15.5 Å². The van der Waals surface area contributed by atoms with Crippen molar-refractivity contribution in [2.24, 2.45) is 5.10 Å². The van der Waals surface area contributed by atoms with E-state index in [1.165, 1.54) is 13.3 Å². The molecule has 0 aliphatic rings. The number of pyridine rings is 1. The summed E-state index contributed by atoms with van der Waals surface area (Å²) < 4.78 is 5.17. The quantitative estimate of drug-likeness (QED) is 0.629. The summed E-state index contributed by atoms with van der Waals surface area (Å²) in [7, 11) is 1.53. The molecule has 0 bridgehead atoms. The van der Waals surface area contributed by atoms with E-state index < -0.39 is 0 Å². The number of aromatic nitrogens is 1. The lowest BCUT2D eigenvalue weighted by atomic mass is 10.2. The third-order valence-corrected chi connectivity index (χ3v) is 3.07. The molecule has 0 unspecified atom stereocenters. The van der Waals surface area contributed by atoms with Crippen molar-refractivity contribution in [1.29, 1.82) is 0 Å². The molecule has 0 saturated heterocycles. The number of carbonyl (C=O) groups is 2. The van der Waals surface area contributed by atoms with Crippen LogP contribution in [-0.2, 0) is 4.79 Å². The van der Waals surface area contributed by atoms with Crippen LogP contribution in [0.4, 0.5) is 5.69 Å². The first-order valence-electron chi connectivity index (χ1n) is 7.26.